The van der Waals surface area contributed by atoms with Gasteiger partial charge in [-0.2, -0.15) is 0 Å². The largest absolute Gasteiger partial charge is 0.465 e. The lowest BCUT2D eigenvalue weighted by Crippen LogP contribution is -2.35. The van der Waals surface area contributed by atoms with E-state index in [1.165, 1.54) is 6.42 Å². The summed E-state index contributed by atoms with van der Waals surface area (Å²) < 4.78 is 10.6. The highest BCUT2D eigenvalue weighted by Gasteiger charge is 2.13. The molecule has 4 heteroatoms. The summed E-state index contributed by atoms with van der Waals surface area (Å²) in [4.78, 5) is 11.2. The first-order valence-corrected chi connectivity index (χ1v) is 6.31. The van der Waals surface area contributed by atoms with Gasteiger partial charge in [-0.05, 0) is 25.7 Å². The number of rotatable bonds is 7. The molecule has 1 fully saturated rings. The molecular formula is C12H23NO3. The molecule has 0 aromatic heterocycles. The topological polar surface area (TPSA) is 47.6 Å². The third-order valence-electron chi connectivity index (χ3n) is 2.68. The van der Waals surface area contributed by atoms with Gasteiger partial charge in [0, 0.05) is 13.2 Å². The van der Waals surface area contributed by atoms with Crippen LogP contribution in [0.3, 0.4) is 0 Å². The number of carbonyl (C=O) groups excluding carboxylic acids is 1. The molecule has 0 aliphatic carbocycles. The number of unbranched alkanes of at least 4 members (excludes halogenated alkanes) is 1. The molecule has 1 rings (SSSR count). The van der Waals surface area contributed by atoms with Crippen LogP contribution in [-0.4, -0.2) is 38.4 Å². The second-order valence-electron chi connectivity index (χ2n) is 4.19. The van der Waals surface area contributed by atoms with Gasteiger partial charge >= 0.3 is 5.97 Å². The fourth-order valence-electron chi connectivity index (χ4n) is 1.68. The fourth-order valence-corrected chi connectivity index (χ4v) is 1.68. The van der Waals surface area contributed by atoms with Crippen molar-refractivity contribution in [1.82, 2.24) is 5.32 Å². The predicted octanol–water partition coefficient (Wildman–Crippen LogP) is 1.49. The molecule has 1 atom stereocenters. The van der Waals surface area contributed by atoms with Crippen molar-refractivity contribution in [2.75, 3.05) is 26.3 Å². The zero-order chi connectivity index (χ0) is 11.6. The van der Waals surface area contributed by atoms with E-state index in [0.717, 1.165) is 38.8 Å². The van der Waals surface area contributed by atoms with E-state index in [2.05, 4.69) is 12.2 Å². The van der Waals surface area contributed by atoms with Crippen LogP contribution in [0.25, 0.3) is 0 Å². The van der Waals surface area contributed by atoms with Crippen molar-refractivity contribution >= 4 is 5.97 Å². The van der Waals surface area contributed by atoms with Crippen LogP contribution in [0.1, 0.15) is 39.0 Å². The van der Waals surface area contributed by atoms with Gasteiger partial charge < -0.3 is 14.8 Å². The molecule has 0 saturated carbocycles. The Morgan fingerprint density at radius 3 is 3.06 bits per heavy atom. The van der Waals surface area contributed by atoms with Gasteiger partial charge in [0.25, 0.3) is 0 Å². The van der Waals surface area contributed by atoms with E-state index in [1.807, 2.05) is 0 Å². The molecule has 1 unspecified atom stereocenters. The fraction of sp³-hybridized carbons (Fsp3) is 0.917. The number of hydrogen-bond acceptors (Lipinski definition) is 4. The quantitative estimate of drug-likeness (QED) is 0.531. The van der Waals surface area contributed by atoms with Crippen LogP contribution in [0.4, 0.5) is 0 Å². The molecule has 0 aromatic rings. The highest BCUT2D eigenvalue weighted by atomic mass is 16.5. The number of hydrogen-bond donors (Lipinski definition) is 1. The summed E-state index contributed by atoms with van der Waals surface area (Å²) in [7, 11) is 0. The van der Waals surface area contributed by atoms with Crippen LogP contribution in [0.5, 0.6) is 0 Å². The molecule has 1 saturated heterocycles. The Morgan fingerprint density at radius 2 is 2.38 bits per heavy atom. The van der Waals surface area contributed by atoms with Gasteiger partial charge in [0.1, 0.15) is 0 Å². The standard InChI is InChI=1S/C12H23NO3/c1-2-3-7-16-12(14)10-13-9-11-6-4-5-8-15-11/h11,13H,2-10H2,1H3. The molecule has 1 N–H and O–H groups in total. The Balaban J connectivity index is 1.94. The summed E-state index contributed by atoms with van der Waals surface area (Å²) in [5.74, 6) is -0.163. The van der Waals surface area contributed by atoms with Gasteiger partial charge in [-0.3, -0.25) is 4.79 Å². The summed E-state index contributed by atoms with van der Waals surface area (Å²) in [6.45, 7) is 4.52. The van der Waals surface area contributed by atoms with E-state index in [4.69, 9.17) is 9.47 Å². The minimum Gasteiger partial charge on any atom is -0.465 e. The van der Waals surface area contributed by atoms with Gasteiger partial charge in [0.05, 0.1) is 19.3 Å². The number of ether oxygens (including phenoxy) is 2. The maximum atomic E-state index is 11.2. The molecule has 0 bridgehead atoms. The van der Waals surface area contributed by atoms with Gasteiger partial charge in [-0.25, -0.2) is 0 Å². The first-order chi connectivity index (χ1) is 7.83. The van der Waals surface area contributed by atoms with Crippen molar-refractivity contribution in [1.29, 1.82) is 0 Å². The smallest absolute Gasteiger partial charge is 0.319 e. The van der Waals surface area contributed by atoms with Gasteiger partial charge in [0.15, 0.2) is 0 Å². The molecule has 1 aliphatic heterocycles. The molecule has 1 heterocycles. The average molecular weight is 229 g/mol. The molecular weight excluding hydrogens is 206 g/mol. The SMILES string of the molecule is CCCCOC(=O)CNCC1CCCCO1. The van der Waals surface area contributed by atoms with E-state index >= 15 is 0 Å². The minimum atomic E-state index is -0.163. The van der Waals surface area contributed by atoms with Crippen molar-refractivity contribution in [3.05, 3.63) is 0 Å². The molecule has 1 aliphatic rings. The summed E-state index contributed by atoms with van der Waals surface area (Å²) in [6, 6.07) is 0. The number of esters is 1. The lowest BCUT2D eigenvalue weighted by Gasteiger charge is -2.22. The monoisotopic (exact) mass is 229 g/mol. The van der Waals surface area contributed by atoms with Crippen LogP contribution in [0.15, 0.2) is 0 Å². The molecule has 16 heavy (non-hydrogen) atoms. The van der Waals surface area contributed by atoms with E-state index in [0.29, 0.717) is 13.2 Å². The maximum absolute atomic E-state index is 11.2. The molecule has 0 amide bonds. The highest BCUT2D eigenvalue weighted by Crippen LogP contribution is 2.11. The summed E-state index contributed by atoms with van der Waals surface area (Å²) in [6.07, 6.45) is 5.76. The molecule has 0 aromatic carbocycles. The number of nitrogens with one attached hydrogen (secondary N) is 1. The first-order valence-electron chi connectivity index (χ1n) is 6.31. The normalized spacial score (nSPS) is 20.7. The van der Waals surface area contributed by atoms with E-state index < -0.39 is 0 Å². The van der Waals surface area contributed by atoms with E-state index in [-0.39, 0.29) is 12.1 Å². The Hall–Kier alpha value is -0.610. The van der Waals surface area contributed by atoms with Gasteiger partial charge in [0.2, 0.25) is 0 Å². The predicted molar refractivity (Wildman–Crippen MR) is 62.3 cm³/mol. The number of carbonyl (C=O) groups is 1. The molecule has 0 spiro atoms. The lowest BCUT2D eigenvalue weighted by atomic mass is 10.1. The second kappa shape index (κ2) is 8.53. The van der Waals surface area contributed by atoms with Crippen LogP contribution in [0.2, 0.25) is 0 Å². The van der Waals surface area contributed by atoms with E-state index in [9.17, 15) is 4.79 Å². The third-order valence-corrected chi connectivity index (χ3v) is 2.68. The lowest BCUT2D eigenvalue weighted by molar-refractivity contribution is -0.142. The summed E-state index contributed by atoms with van der Waals surface area (Å²) in [5, 5.41) is 3.08. The Bertz CT molecular complexity index is 191. The van der Waals surface area contributed by atoms with Crippen molar-refractivity contribution in [3.8, 4) is 0 Å². The summed E-state index contributed by atoms with van der Waals surface area (Å²) in [5.41, 5.74) is 0. The minimum absolute atomic E-state index is 0.163. The highest BCUT2D eigenvalue weighted by molar-refractivity contribution is 5.71. The van der Waals surface area contributed by atoms with Crippen LogP contribution in [0, 0.1) is 0 Å². The second-order valence-corrected chi connectivity index (χ2v) is 4.19. The van der Waals surface area contributed by atoms with Crippen molar-refractivity contribution < 1.29 is 14.3 Å². The van der Waals surface area contributed by atoms with Crippen LogP contribution < -0.4 is 5.32 Å². The first kappa shape index (κ1) is 13.5. The van der Waals surface area contributed by atoms with E-state index in [1.54, 1.807) is 0 Å². The van der Waals surface area contributed by atoms with Crippen LogP contribution >= 0.6 is 0 Å². The summed E-state index contributed by atoms with van der Waals surface area (Å²) >= 11 is 0. The Labute approximate surface area is 97.7 Å². The average Bonchev–Trinajstić information content (AvgIpc) is 2.31. The van der Waals surface area contributed by atoms with Crippen molar-refractivity contribution in [3.63, 3.8) is 0 Å². The molecule has 4 nitrogen and oxygen atoms in total. The van der Waals surface area contributed by atoms with Crippen molar-refractivity contribution in [2.45, 2.75) is 45.1 Å². The Morgan fingerprint density at radius 1 is 1.50 bits per heavy atom. The van der Waals surface area contributed by atoms with Crippen LogP contribution in [-0.2, 0) is 14.3 Å². The third kappa shape index (κ3) is 6.08. The van der Waals surface area contributed by atoms with Gasteiger partial charge in [-0.15, -0.1) is 0 Å². The zero-order valence-electron chi connectivity index (χ0n) is 10.2. The Kier molecular flexibility index (Phi) is 7.17. The molecule has 0 radical (unpaired) electrons. The molecule has 94 valence electrons. The maximum Gasteiger partial charge on any atom is 0.319 e. The van der Waals surface area contributed by atoms with Gasteiger partial charge in [-0.1, -0.05) is 13.3 Å². The van der Waals surface area contributed by atoms with Crippen molar-refractivity contribution in [2.24, 2.45) is 0 Å². The zero-order valence-corrected chi connectivity index (χ0v) is 10.2.